The van der Waals surface area contributed by atoms with Crippen LogP contribution in [0, 0.1) is 13.8 Å². The number of anilines is 1. The summed E-state index contributed by atoms with van der Waals surface area (Å²) in [5.74, 6) is 0.523. The molecule has 0 bridgehead atoms. The second-order valence-electron chi connectivity index (χ2n) is 7.39. The van der Waals surface area contributed by atoms with Crippen molar-refractivity contribution < 1.29 is 19.1 Å². The molecule has 2 amide bonds. The smallest absolute Gasteiger partial charge is 0.319 e. The van der Waals surface area contributed by atoms with E-state index in [0.29, 0.717) is 18.8 Å². The Morgan fingerprint density at radius 1 is 1.03 bits per heavy atom. The number of hydrogen-bond acceptors (Lipinski definition) is 4. The van der Waals surface area contributed by atoms with Crippen molar-refractivity contribution in [1.82, 2.24) is 9.88 Å². The molecular weight excluding hydrogens is 406 g/mol. The predicted molar refractivity (Wildman–Crippen MR) is 124 cm³/mol. The van der Waals surface area contributed by atoms with Gasteiger partial charge in [-0.25, -0.2) is 4.79 Å². The Morgan fingerprint density at radius 2 is 1.75 bits per heavy atom. The zero-order valence-corrected chi connectivity index (χ0v) is 18.9. The van der Waals surface area contributed by atoms with Gasteiger partial charge in [0.05, 0.1) is 25.8 Å². The van der Waals surface area contributed by atoms with E-state index in [-0.39, 0.29) is 18.4 Å². The molecule has 1 heterocycles. The van der Waals surface area contributed by atoms with Crippen LogP contribution in [0.2, 0.25) is 0 Å². The number of carbonyl (C=O) groups excluding carboxylic acids is 2. The molecule has 0 aliphatic carbocycles. The standard InChI is InChI=1S/C25H29N3O4/c1-5-32-24(29)15-19-10-12-21(13-11-19)27-25(30)26-16-20-14-17(2)28(18(20)3)22-8-6-7-9-23(22)31-4/h6-14H,5,15-16H2,1-4H3,(H2,26,27,30). The summed E-state index contributed by atoms with van der Waals surface area (Å²) in [6.45, 7) is 6.58. The molecule has 0 saturated heterocycles. The molecule has 3 rings (SSSR count). The van der Waals surface area contributed by atoms with E-state index in [2.05, 4.69) is 21.3 Å². The summed E-state index contributed by atoms with van der Waals surface area (Å²) in [4.78, 5) is 23.9. The van der Waals surface area contributed by atoms with Crippen LogP contribution >= 0.6 is 0 Å². The number of amides is 2. The Hall–Kier alpha value is -3.74. The van der Waals surface area contributed by atoms with E-state index >= 15 is 0 Å². The molecule has 0 atom stereocenters. The fourth-order valence-corrected chi connectivity index (χ4v) is 3.63. The molecule has 2 aromatic carbocycles. The molecule has 0 saturated carbocycles. The summed E-state index contributed by atoms with van der Waals surface area (Å²) in [6.07, 6.45) is 0.210. The first-order valence-electron chi connectivity index (χ1n) is 10.5. The second-order valence-corrected chi connectivity index (χ2v) is 7.39. The summed E-state index contributed by atoms with van der Waals surface area (Å²) in [5, 5.41) is 5.72. The van der Waals surface area contributed by atoms with Gasteiger partial charge < -0.3 is 24.7 Å². The minimum absolute atomic E-state index is 0.210. The average molecular weight is 436 g/mol. The summed E-state index contributed by atoms with van der Waals surface area (Å²) in [6, 6.07) is 16.7. The van der Waals surface area contributed by atoms with Crippen LogP contribution in [0.25, 0.3) is 5.69 Å². The van der Waals surface area contributed by atoms with Crippen LogP contribution in [-0.4, -0.2) is 30.3 Å². The third kappa shape index (κ3) is 5.49. The van der Waals surface area contributed by atoms with E-state index in [9.17, 15) is 9.59 Å². The fraction of sp³-hybridized carbons (Fsp3) is 0.280. The maximum atomic E-state index is 12.4. The number of nitrogens with one attached hydrogen (secondary N) is 2. The number of para-hydroxylation sites is 2. The van der Waals surface area contributed by atoms with Gasteiger partial charge in [-0.2, -0.15) is 0 Å². The van der Waals surface area contributed by atoms with Crippen LogP contribution in [-0.2, 0) is 22.5 Å². The van der Waals surface area contributed by atoms with Crippen LogP contribution < -0.4 is 15.4 Å². The molecule has 0 fully saturated rings. The molecule has 0 aliphatic heterocycles. The van der Waals surface area contributed by atoms with Crippen molar-refractivity contribution in [3.8, 4) is 11.4 Å². The summed E-state index contributed by atoms with van der Waals surface area (Å²) >= 11 is 0. The Labute approximate surface area is 188 Å². The largest absolute Gasteiger partial charge is 0.495 e. The van der Waals surface area contributed by atoms with Gasteiger partial charge in [0.2, 0.25) is 0 Å². The summed E-state index contributed by atoms with van der Waals surface area (Å²) in [7, 11) is 1.66. The number of ether oxygens (including phenoxy) is 2. The highest BCUT2D eigenvalue weighted by Crippen LogP contribution is 2.27. The fourth-order valence-electron chi connectivity index (χ4n) is 3.63. The third-order valence-electron chi connectivity index (χ3n) is 5.17. The molecule has 1 aromatic heterocycles. The molecule has 2 N–H and O–H groups in total. The van der Waals surface area contributed by atoms with Gasteiger partial charge in [-0.15, -0.1) is 0 Å². The number of nitrogens with zero attached hydrogens (tertiary/aromatic N) is 1. The molecule has 168 valence electrons. The molecule has 7 heteroatoms. The van der Waals surface area contributed by atoms with E-state index in [1.807, 2.05) is 38.1 Å². The number of methoxy groups -OCH3 is 1. The number of hydrogen-bond donors (Lipinski definition) is 2. The van der Waals surface area contributed by atoms with E-state index in [0.717, 1.165) is 34.0 Å². The topological polar surface area (TPSA) is 81.6 Å². The molecular formula is C25H29N3O4. The lowest BCUT2D eigenvalue weighted by atomic mass is 10.1. The normalized spacial score (nSPS) is 10.5. The van der Waals surface area contributed by atoms with Gasteiger partial charge in [-0.1, -0.05) is 24.3 Å². The Balaban J connectivity index is 1.61. The van der Waals surface area contributed by atoms with E-state index < -0.39 is 0 Å². The van der Waals surface area contributed by atoms with Crippen LogP contribution in [0.5, 0.6) is 5.75 Å². The van der Waals surface area contributed by atoms with Gasteiger partial charge in [-0.05, 0) is 62.2 Å². The van der Waals surface area contributed by atoms with Gasteiger partial charge in [-0.3, -0.25) is 4.79 Å². The lowest BCUT2D eigenvalue weighted by molar-refractivity contribution is -0.142. The third-order valence-corrected chi connectivity index (χ3v) is 5.17. The van der Waals surface area contributed by atoms with Crippen molar-refractivity contribution in [1.29, 1.82) is 0 Å². The van der Waals surface area contributed by atoms with Crippen molar-refractivity contribution in [2.24, 2.45) is 0 Å². The van der Waals surface area contributed by atoms with Gasteiger partial charge in [0.1, 0.15) is 5.75 Å². The van der Waals surface area contributed by atoms with E-state index in [1.165, 1.54) is 0 Å². The average Bonchev–Trinajstić information content (AvgIpc) is 3.06. The van der Waals surface area contributed by atoms with Crippen molar-refractivity contribution in [3.63, 3.8) is 0 Å². The number of benzene rings is 2. The van der Waals surface area contributed by atoms with Crippen LogP contribution in [0.15, 0.2) is 54.6 Å². The lowest BCUT2D eigenvalue weighted by Gasteiger charge is -2.14. The number of aromatic nitrogens is 1. The molecule has 0 radical (unpaired) electrons. The van der Waals surface area contributed by atoms with Crippen molar-refractivity contribution in [3.05, 3.63) is 77.1 Å². The first-order valence-corrected chi connectivity index (χ1v) is 10.5. The molecule has 32 heavy (non-hydrogen) atoms. The molecule has 0 spiro atoms. The zero-order valence-electron chi connectivity index (χ0n) is 18.9. The summed E-state index contributed by atoms with van der Waals surface area (Å²) < 4.78 is 12.6. The van der Waals surface area contributed by atoms with Crippen molar-refractivity contribution in [2.45, 2.75) is 33.7 Å². The van der Waals surface area contributed by atoms with Crippen LogP contribution in [0.4, 0.5) is 10.5 Å². The lowest BCUT2D eigenvalue weighted by Crippen LogP contribution is -2.28. The second kappa shape index (κ2) is 10.5. The number of urea groups is 1. The molecule has 3 aromatic rings. The minimum atomic E-state index is -0.301. The van der Waals surface area contributed by atoms with Gasteiger partial charge >= 0.3 is 12.0 Å². The number of rotatable bonds is 8. The van der Waals surface area contributed by atoms with Crippen LogP contribution in [0.1, 0.15) is 29.4 Å². The Kier molecular flexibility index (Phi) is 7.54. The highest BCUT2D eigenvalue weighted by atomic mass is 16.5. The zero-order chi connectivity index (χ0) is 23.1. The molecule has 0 aliphatic rings. The van der Waals surface area contributed by atoms with Crippen molar-refractivity contribution in [2.75, 3.05) is 19.0 Å². The van der Waals surface area contributed by atoms with Gasteiger partial charge in [0, 0.05) is 23.6 Å². The quantitative estimate of drug-likeness (QED) is 0.510. The number of carbonyl (C=O) groups is 2. The monoisotopic (exact) mass is 435 g/mol. The highest BCUT2D eigenvalue weighted by molar-refractivity contribution is 5.89. The predicted octanol–water partition coefficient (Wildman–Crippen LogP) is 4.53. The van der Waals surface area contributed by atoms with E-state index in [1.54, 1.807) is 38.3 Å². The highest BCUT2D eigenvalue weighted by Gasteiger charge is 2.14. The maximum absolute atomic E-state index is 12.4. The van der Waals surface area contributed by atoms with Crippen molar-refractivity contribution >= 4 is 17.7 Å². The molecule has 7 nitrogen and oxygen atoms in total. The number of esters is 1. The van der Waals surface area contributed by atoms with E-state index in [4.69, 9.17) is 9.47 Å². The van der Waals surface area contributed by atoms with Gasteiger partial charge in [0.25, 0.3) is 0 Å². The SMILES string of the molecule is CCOC(=O)Cc1ccc(NC(=O)NCc2cc(C)n(-c3ccccc3OC)c2C)cc1. The Bertz CT molecular complexity index is 1090. The van der Waals surface area contributed by atoms with Crippen LogP contribution in [0.3, 0.4) is 0 Å². The maximum Gasteiger partial charge on any atom is 0.319 e. The molecule has 0 unspecified atom stereocenters. The number of aryl methyl sites for hydroxylation is 1. The Morgan fingerprint density at radius 3 is 2.44 bits per heavy atom. The van der Waals surface area contributed by atoms with Gasteiger partial charge in [0.15, 0.2) is 0 Å². The first-order chi connectivity index (χ1) is 15.4. The summed E-state index contributed by atoms with van der Waals surface area (Å²) in [5.41, 5.74) is 5.56. The minimum Gasteiger partial charge on any atom is -0.495 e. The first kappa shape index (κ1) is 22.9.